The van der Waals surface area contributed by atoms with Crippen LogP contribution in [0, 0.1) is 11.8 Å². The number of carbonyl (C=O) groups is 1. The van der Waals surface area contributed by atoms with Gasteiger partial charge in [-0.15, -0.1) is 0 Å². The van der Waals surface area contributed by atoms with Crippen LogP contribution in [0.15, 0.2) is 0 Å². The summed E-state index contributed by atoms with van der Waals surface area (Å²) in [6, 6.07) is 0. The molecule has 14 heavy (non-hydrogen) atoms. The van der Waals surface area contributed by atoms with Crippen LogP contribution in [0.25, 0.3) is 0 Å². The fraction of sp³-hybridized carbons (Fsp3) is 0.889. The Morgan fingerprint density at radius 2 is 1.50 bits per heavy atom. The van der Waals surface area contributed by atoms with Crippen molar-refractivity contribution < 1.29 is 15.0 Å². The molecule has 6 N–H and O–H groups in total. The Kier molecular flexibility index (Phi) is 7.14. The third-order valence-corrected chi connectivity index (χ3v) is 2.56. The summed E-state index contributed by atoms with van der Waals surface area (Å²) in [5, 5.41) is 13.9. The minimum atomic E-state index is -1.83. The molecule has 2 unspecified atom stereocenters. The molecule has 0 saturated heterocycles. The quantitative estimate of drug-likeness (QED) is 0.535. The molecule has 0 spiro atoms. The first-order chi connectivity index (χ1) is 6.60. The zero-order valence-electron chi connectivity index (χ0n) is 8.35. The van der Waals surface area contributed by atoms with Gasteiger partial charge in [0.2, 0.25) is 0 Å². The third-order valence-electron chi connectivity index (χ3n) is 2.56. The van der Waals surface area contributed by atoms with Crippen LogP contribution < -0.4 is 11.5 Å². The number of hydrogen-bond acceptors (Lipinski definition) is 3. The van der Waals surface area contributed by atoms with Gasteiger partial charge in [-0.1, -0.05) is 6.42 Å². The molecule has 1 aliphatic rings. The van der Waals surface area contributed by atoms with Crippen molar-refractivity contribution in [1.82, 2.24) is 0 Å². The Morgan fingerprint density at radius 1 is 1.14 bits per heavy atom. The Balaban J connectivity index is 0.000000364. The van der Waals surface area contributed by atoms with E-state index < -0.39 is 6.16 Å². The number of rotatable bonds is 2. The predicted molar refractivity (Wildman–Crippen MR) is 54.2 cm³/mol. The average molecular weight is 204 g/mol. The molecule has 0 bridgehead atoms. The van der Waals surface area contributed by atoms with Crippen molar-refractivity contribution in [2.45, 2.75) is 25.7 Å². The highest BCUT2D eigenvalue weighted by Crippen LogP contribution is 2.27. The molecule has 1 fully saturated rings. The molecule has 0 aliphatic heterocycles. The highest BCUT2D eigenvalue weighted by molar-refractivity contribution is 5.53. The zero-order valence-corrected chi connectivity index (χ0v) is 8.35. The lowest BCUT2D eigenvalue weighted by Gasteiger charge is -2.26. The van der Waals surface area contributed by atoms with Gasteiger partial charge in [-0.2, -0.15) is 0 Å². The fourth-order valence-electron chi connectivity index (χ4n) is 1.83. The molecule has 0 amide bonds. The average Bonchev–Trinajstić information content (AvgIpc) is 2.17. The van der Waals surface area contributed by atoms with E-state index in [-0.39, 0.29) is 0 Å². The van der Waals surface area contributed by atoms with Gasteiger partial charge in [-0.3, -0.25) is 0 Å². The van der Waals surface area contributed by atoms with Crippen molar-refractivity contribution in [2.75, 3.05) is 13.1 Å². The van der Waals surface area contributed by atoms with Crippen LogP contribution in [-0.4, -0.2) is 29.5 Å². The summed E-state index contributed by atoms with van der Waals surface area (Å²) in [5.74, 6) is 1.53. The Hall–Kier alpha value is -0.810. The van der Waals surface area contributed by atoms with Gasteiger partial charge in [0.15, 0.2) is 0 Å². The maximum absolute atomic E-state index is 8.56. The maximum atomic E-state index is 8.56. The fourth-order valence-corrected chi connectivity index (χ4v) is 1.83. The van der Waals surface area contributed by atoms with Gasteiger partial charge in [0.1, 0.15) is 0 Å². The lowest BCUT2D eigenvalue weighted by Crippen LogP contribution is -2.26. The molecule has 84 valence electrons. The second-order valence-electron chi connectivity index (χ2n) is 3.65. The molecular formula is C9H20N2O3. The first kappa shape index (κ1) is 13.2. The van der Waals surface area contributed by atoms with E-state index >= 15 is 0 Å². The number of hydrogen-bond donors (Lipinski definition) is 4. The molecule has 0 heterocycles. The largest absolute Gasteiger partial charge is 0.503 e. The molecule has 1 saturated carbocycles. The van der Waals surface area contributed by atoms with E-state index in [1.165, 1.54) is 25.7 Å². The third kappa shape index (κ3) is 6.68. The van der Waals surface area contributed by atoms with Crippen LogP contribution in [0.3, 0.4) is 0 Å². The molecule has 0 radical (unpaired) electrons. The van der Waals surface area contributed by atoms with Gasteiger partial charge in [-0.25, -0.2) is 4.79 Å². The van der Waals surface area contributed by atoms with Crippen LogP contribution in [0.4, 0.5) is 4.79 Å². The molecule has 2 atom stereocenters. The molecule has 5 nitrogen and oxygen atoms in total. The van der Waals surface area contributed by atoms with E-state index in [4.69, 9.17) is 26.5 Å². The summed E-state index contributed by atoms with van der Waals surface area (Å²) in [4.78, 5) is 8.56. The van der Waals surface area contributed by atoms with Gasteiger partial charge in [-0.05, 0) is 44.2 Å². The summed E-state index contributed by atoms with van der Waals surface area (Å²) < 4.78 is 0. The van der Waals surface area contributed by atoms with Crippen LogP contribution in [0.5, 0.6) is 0 Å². The summed E-state index contributed by atoms with van der Waals surface area (Å²) in [6.45, 7) is 1.72. The second-order valence-corrected chi connectivity index (χ2v) is 3.65. The lowest BCUT2D eigenvalue weighted by molar-refractivity contribution is 0.137. The standard InChI is InChI=1S/C8H18N2.CH2O3/c9-5-7-2-1-3-8(4-7)6-10;2-1(3)4/h7-8H,1-6,9-10H2;(H2,2,3,4). The van der Waals surface area contributed by atoms with Gasteiger partial charge in [0.05, 0.1) is 0 Å². The maximum Gasteiger partial charge on any atom is 0.503 e. The molecule has 0 aromatic heterocycles. The minimum absolute atomic E-state index is 0.766. The molecule has 0 aromatic carbocycles. The van der Waals surface area contributed by atoms with E-state index in [0.717, 1.165) is 24.9 Å². The molecule has 0 aromatic rings. The monoisotopic (exact) mass is 204 g/mol. The van der Waals surface area contributed by atoms with Gasteiger partial charge < -0.3 is 21.7 Å². The molecule has 5 heteroatoms. The van der Waals surface area contributed by atoms with E-state index in [2.05, 4.69) is 0 Å². The van der Waals surface area contributed by atoms with E-state index in [1.807, 2.05) is 0 Å². The first-order valence-electron chi connectivity index (χ1n) is 4.92. The van der Waals surface area contributed by atoms with Crippen LogP contribution in [0.2, 0.25) is 0 Å². The number of nitrogens with two attached hydrogens (primary N) is 2. The summed E-state index contributed by atoms with van der Waals surface area (Å²) in [7, 11) is 0. The van der Waals surface area contributed by atoms with Crippen molar-refractivity contribution in [2.24, 2.45) is 23.3 Å². The number of carboxylic acid groups (broad SMARTS) is 2. The van der Waals surface area contributed by atoms with Gasteiger partial charge in [0, 0.05) is 0 Å². The molecule has 1 aliphatic carbocycles. The Morgan fingerprint density at radius 3 is 1.79 bits per heavy atom. The lowest BCUT2D eigenvalue weighted by atomic mass is 9.81. The Labute approximate surface area is 84.1 Å². The van der Waals surface area contributed by atoms with Crippen LogP contribution in [0.1, 0.15) is 25.7 Å². The summed E-state index contributed by atoms with van der Waals surface area (Å²) >= 11 is 0. The van der Waals surface area contributed by atoms with Gasteiger partial charge >= 0.3 is 6.16 Å². The molecule has 1 rings (SSSR count). The highest BCUT2D eigenvalue weighted by atomic mass is 16.6. The second kappa shape index (κ2) is 7.58. The Bertz CT molecular complexity index is 150. The van der Waals surface area contributed by atoms with Crippen LogP contribution in [-0.2, 0) is 0 Å². The smallest absolute Gasteiger partial charge is 0.450 e. The van der Waals surface area contributed by atoms with E-state index in [9.17, 15) is 0 Å². The summed E-state index contributed by atoms with van der Waals surface area (Å²) in [5.41, 5.74) is 11.2. The first-order valence-corrected chi connectivity index (χ1v) is 4.92. The van der Waals surface area contributed by atoms with E-state index in [1.54, 1.807) is 0 Å². The predicted octanol–water partition coefficient (Wildman–Crippen LogP) is 0.933. The van der Waals surface area contributed by atoms with Crippen molar-refractivity contribution in [3.8, 4) is 0 Å². The van der Waals surface area contributed by atoms with E-state index in [0.29, 0.717) is 0 Å². The topological polar surface area (TPSA) is 110 Å². The SMILES string of the molecule is NCC1CCCC(CN)C1.O=C(O)O. The highest BCUT2D eigenvalue weighted by Gasteiger charge is 2.19. The van der Waals surface area contributed by atoms with Crippen molar-refractivity contribution in [3.63, 3.8) is 0 Å². The van der Waals surface area contributed by atoms with Gasteiger partial charge in [0.25, 0.3) is 0 Å². The normalized spacial score (nSPS) is 26.1. The van der Waals surface area contributed by atoms with Crippen LogP contribution >= 0.6 is 0 Å². The van der Waals surface area contributed by atoms with Crippen molar-refractivity contribution in [3.05, 3.63) is 0 Å². The molecular weight excluding hydrogens is 184 g/mol. The minimum Gasteiger partial charge on any atom is -0.450 e. The van der Waals surface area contributed by atoms with Crippen molar-refractivity contribution in [1.29, 1.82) is 0 Å². The zero-order chi connectivity index (χ0) is 11.0. The summed E-state index contributed by atoms with van der Waals surface area (Å²) in [6.07, 6.45) is 3.43. The van der Waals surface area contributed by atoms with Crippen molar-refractivity contribution >= 4 is 6.16 Å².